The summed E-state index contributed by atoms with van der Waals surface area (Å²) in [5.74, 6) is 1.34. The summed E-state index contributed by atoms with van der Waals surface area (Å²) in [5.41, 5.74) is 4.01. The van der Waals surface area contributed by atoms with Crippen LogP contribution in [0.4, 0.5) is 0 Å². The molecule has 79 heavy (non-hydrogen) atoms. The Balaban J connectivity index is 0.000000176. The number of benzene rings is 10. The molecule has 10 aromatic carbocycles. The Labute approximate surface area is 476 Å². The molecule has 0 N–H and O–H groups in total. The molecule has 0 aliphatic heterocycles. The summed E-state index contributed by atoms with van der Waals surface area (Å²) in [6.45, 7) is 6.61. The van der Waals surface area contributed by atoms with E-state index in [-0.39, 0.29) is 12.1 Å². The van der Waals surface area contributed by atoms with Gasteiger partial charge in [-0.1, -0.05) is 315 Å². The summed E-state index contributed by atoms with van der Waals surface area (Å²) in [6, 6.07) is 112. The Kier molecular flexibility index (Phi) is 18.7. The first-order chi connectivity index (χ1) is 39.1. The number of hydrogen-bond donors (Lipinski definition) is 0. The molecule has 2 aliphatic rings. The van der Waals surface area contributed by atoms with Crippen molar-refractivity contribution < 1.29 is 0 Å². The van der Waals surface area contributed by atoms with Crippen LogP contribution in [0.2, 0.25) is 0 Å². The molecule has 0 aromatic heterocycles. The average molecular weight is 1100 g/mol. The Bertz CT molecular complexity index is 3000. The van der Waals surface area contributed by atoms with Crippen LogP contribution in [0.15, 0.2) is 315 Å². The van der Waals surface area contributed by atoms with Crippen molar-refractivity contribution in [1.29, 1.82) is 0 Å². The molecule has 1 fully saturated rings. The SMILES string of the molecule is C1=CC2CC1C(P(c1ccccc1)c1ccccc1)C2P(c1ccccc1)c1ccccc1.CC(c1ccccc1)N(CCN(C(C)c1ccccc1)P(c1ccccc1)c1ccccc1)P(c1ccccc1)c1ccccc1. The minimum absolute atomic E-state index is 0.223. The van der Waals surface area contributed by atoms with E-state index in [0.717, 1.165) is 13.1 Å². The highest BCUT2D eigenvalue weighted by molar-refractivity contribution is 7.77. The van der Waals surface area contributed by atoms with E-state index in [2.05, 4.69) is 339 Å². The number of fused-ring (bicyclic) bond motifs is 2. The normalized spacial score (nSPS) is 17.3. The second kappa shape index (κ2) is 27.2. The van der Waals surface area contributed by atoms with Gasteiger partial charge in [0.1, 0.15) is 0 Å². The molecule has 10 aromatic rings. The highest BCUT2D eigenvalue weighted by Gasteiger charge is 2.52. The lowest BCUT2D eigenvalue weighted by atomic mass is 10.1. The van der Waals surface area contributed by atoms with Crippen LogP contribution in [0, 0.1) is 11.8 Å². The van der Waals surface area contributed by atoms with Crippen molar-refractivity contribution in [2.75, 3.05) is 13.1 Å². The Morgan fingerprint density at radius 1 is 0.291 bits per heavy atom. The zero-order chi connectivity index (χ0) is 53.6. The van der Waals surface area contributed by atoms with E-state index >= 15 is 0 Å². The summed E-state index contributed by atoms with van der Waals surface area (Å²) < 4.78 is 5.56. The molecule has 0 radical (unpaired) electrons. The molecule has 2 nitrogen and oxygen atoms in total. The highest BCUT2D eigenvalue weighted by Crippen LogP contribution is 2.64. The lowest BCUT2D eigenvalue weighted by molar-refractivity contribution is 0.301. The second-order valence-corrected chi connectivity index (χ2v) is 29.6. The first-order valence-corrected chi connectivity index (χ1v) is 33.4. The maximum Gasteiger partial charge on any atom is 0.0362 e. The van der Waals surface area contributed by atoms with Gasteiger partial charge in [0, 0.05) is 52.6 Å². The largest absolute Gasteiger partial charge is 0.266 e. The lowest BCUT2D eigenvalue weighted by Gasteiger charge is -2.42. The molecule has 0 heterocycles. The van der Waals surface area contributed by atoms with E-state index in [1.807, 2.05) is 0 Å². The molecule has 2 aliphatic carbocycles. The monoisotopic (exact) mass is 1100 g/mol. The number of rotatable bonds is 19. The standard InChI is InChI=1S/C42H42N2P2.C31H28P2/c1-35(37-21-9-3-10-22-37)43(45(39-25-13-5-14-26-39)40-27-15-6-16-28-40)33-34-44(36(2)38-23-11-4-12-24-38)46(41-29-17-7-18-30-41)42-31-19-8-20-32-42;1-5-13-26(14-6-1)32(27-15-7-2-8-16-27)30-24-21-22-25(23-24)31(30)33(28-17-9-3-10-18-28)29-19-11-4-12-20-29/h3-32,35-36H,33-34H2,1-2H3;1-22,24-25,30-31H,23H2. The number of allylic oxidation sites excluding steroid dienone is 2. The van der Waals surface area contributed by atoms with E-state index in [9.17, 15) is 0 Å². The summed E-state index contributed by atoms with van der Waals surface area (Å²) in [6.07, 6.45) is 6.42. The Hall–Kier alpha value is -6.42. The number of hydrogen-bond acceptors (Lipinski definition) is 2. The van der Waals surface area contributed by atoms with Crippen LogP contribution in [-0.2, 0) is 0 Å². The fourth-order valence-electron chi connectivity index (χ4n) is 11.9. The van der Waals surface area contributed by atoms with E-state index in [0.29, 0.717) is 23.2 Å². The molecule has 6 unspecified atom stereocenters. The molecule has 392 valence electrons. The van der Waals surface area contributed by atoms with Gasteiger partial charge in [-0.3, -0.25) is 9.34 Å². The van der Waals surface area contributed by atoms with Gasteiger partial charge in [-0.15, -0.1) is 0 Å². The molecule has 6 heteroatoms. The molecule has 12 rings (SSSR count). The molecular formula is C73H70N2P4. The molecule has 0 amide bonds. The molecular weight excluding hydrogens is 1030 g/mol. The first-order valence-electron chi connectivity index (χ1n) is 28.0. The minimum atomic E-state index is -0.795. The molecule has 6 atom stereocenters. The average Bonchev–Trinajstić information content (AvgIpc) is 4.23. The van der Waals surface area contributed by atoms with Crippen molar-refractivity contribution in [3.63, 3.8) is 0 Å². The third kappa shape index (κ3) is 13.0. The highest BCUT2D eigenvalue weighted by atomic mass is 31.1. The molecule has 2 bridgehead atoms. The van der Waals surface area contributed by atoms with Gasteiger partial charge >= 0.3 is 0 Å². The maximum atomic E-state index is 2.78. The summed E-state index contributed by atoms with van der Waals surface area (Å²) in [4.78, 5) is 0. The van der Waals surface area contributed by atoms with Crippen LogP contribution in [0.3, 0.4) is 0 Å². The van der Waals surface area contributed by atoms with Crippen LogP contribution in [-0.4, -0.2) is 33.7 Å². The van der Waals surface area contributed by atoms with E-state index in [1.165, 1.54) is 60.0 Å². The van der Waals surface area contributed by atoms with E-state index < -0.39 is 32.0 Å². The van der Waals surface area contributed by atoms with Gasteiger partial charge in [-0.25, -0.2) is 0 Å². The van der Waals surface area contributed by atoms with Crippen LogP contribution >= 0.6 is 32.0 Å². The summed E-state index contributed by atoms with van der Waals surface area (Å²) in [5, 5.41) is 11.6. The third-order valence-electron chi connectivity index (χ3n) is 15.6. The van der Waals surface area contributed by atoms with Gasteiger partial charge in [-0.05, 0) is 102 Å². The van der Waals surface area contributed by atoms with Gasteiger partial charge in [0.25, 0.3) is 0 Å². The van der Waals surface area contributed by atoms with E-state index in [4.69, 9.17) is 0 Å². The second-order valence-electron chi connectivity index (χ2n) is 20.5. The number of nitrogens with zero attached hydrogens (tertiary/aromatic N) is 2. The maximum absolute atomic E-state index is 2.78. The van der Waals surface area contributed by atoms with Gasteiger partial charge in [0.2, 0.25) is 0 Å². The smallest absolute Gasteiger partial charge is 0.0362 e. The summed E-state index contributed by atoms with van der Waals surface area (Å²) in [7, 11) is -2.50. The van der Waals surface area contributed by atoms with E-state index in [1.54, 1.807) is 0 Å². The molecule has 0 saturated heterocycles. The zero-order valence-electron chi connectivity index (χ0n) is 45.3. The van der Waals surface area contributed by atoms with Gasteiger partial charge in [0.15, 0.2) is 0 Å². The van der Waals surface area contributed by atoms with Crippen molar-refractivity contribution in [1.82, 2.24) is 9.34 Å². The van der Waals surface area contributed by atoms with Gasteiger partial charge in [-0.2, -0.15) is 0 Å². The molecule has 1 saturated carbocycles. The van der Waals surface area contributed by atoms with Crippen molar-refractivity contribution in [2.24, 2.45) is 11.8 Å². The quantitative estimate of drug-likeness (QED) is 0.0588. The van der Waals surface area contributed by atoms with Crippen molar-refractivity contribution in [3.8, 4) is 0 Å². The van der Waals surface area contributed by atoms with Crippen LogP contribution in [0.5, 0.6) is 0 Å². The predicted molar refractivity (Wildman–Crippen MR) is 348 cm³/mol. The minimum Gasteiger partial charge on any atom is -0.266 e. The van der Waals surface area contributed by atoms with Crippen LogP contribution in [0.25, 0.3) is 0 Å². The van der Waals surface area contributed by atoms with Crippen LogP contribution in [0.1, 0.15) is 43.5 Å². The fourth-order valence-corrected chi connectivity index (χ4v) is 24.1. The summed E-state index contributed by atoms with van der Waals surface area (Å²) >= 11 is 0. The molecule has 0 spiro atoms. The third-order valence-corrected chi connectivity index (χ3v) is 27.2. The van der Waals surface area contributed by atoms with Crippen molar-refractivity contribution >= 4 is 74.4 Å². The van der Waals surface area contributed by atoms with Gasteiger partial charge in [0.05, 0.1) is 0 Å². The first kappa shape index (κ1) is 54.5. The van der Waals surface area contributed by atoms with Crippen molar-refractivity contribution in [3.05, 3.63) is 327 Å². The Morgan fingerprint density at radius 3 is 0.722 bits per heavy atom. The van der Waals surface area contributed by atoms with Crippen molar-refractivity contribution in [2.45, 2.75) is 43.7 Å². The lowest BCUT2D eigenvalue weighted by Crippen LogP contribution is -2.39. The van der Waals surface area contributed by atoms with Gasteiger partial charge < -0.3 is 0 Å². The van der Waals surface area contributed by atoms with Crippen LogP contribution < -0.4 is 42.4 Å². The predicted octanol–water partition coefficient (Wildman–Crippen LogP) is 15.4. The zero-order valence-corrected chi connectivity index (χ0v) is 48.9. The fraction of sp³-hybridized carbons (Fsp3) is 0.151. The topological polar surface area (TPSA) is 6.48 Å². The Morgan fingerprint density at radius 2 is 0.494 bits per heavy atom.